The lowest BCUT2D eigenvalue weighted by atomic mass is 9.92. The summed E-state index contributed by atoms with van der Waals surface area (Å²) in [4.78, 5) is 2.43. The van der Waals surface area contributed by atoms with Crippen LogP contribution in [0.1, 0.15) is 0 Å². The van der Waals surface area contributed by atoms with Crippen LogP contribution >= 0.6 is 0 Å². The van der Waals surface area contributed by atoms with Crippen LogP contribution < -0.4 is 4.90 Å². The third-order valence-electron chi connectivity index (χ3n) is 12.0. The standard InChI is InChI=1S/C56H35NO/c1-4-15-43-36(12-1)28-29-41-34-42(31-33-45(41)43)57(53-22-11-23-54-55(53)50-32-30-37-13-2-6-18-47(37)56(50)58-54)52-21-10-9-17-46(52)38-24-26-39(27-25-38)51-35-40-14-3-5-16-44(40)48-19-7-8-20-49(48)51/h1-35H. The predicted octanol–water partition coefficient (Wildman–Crippen LogP) is 16.2. The van der Waals surface area contributed by atoms with Gasteiger partial charge < -0.3 is 9.32 Å². The van der Waals surface area contributed by atoms with E-state index in [1.54, 1.807) is 0 Å². The smallest absolute Gasteiger partial charge is 0.143 e. The van der Waals surface area contributed by atoms with E-state index >= 15 is 0 Å². The van der Waals surface area contributed by atoms with Crippen molar-refractivity contribution < 1.29 is 4.42 Å². The van der Waals surface area contributed by atoms with Crippen molar-refractivity contribution >= 4 is 92.9 Å². The molecule has 0 unspecified atom stereocenters. The lowest BCUT2D eigenvalue weighted by molar-refractivity contribution is 0.672. The van der Waals surface area contributed by atoms with Crippen molar-refractivity contribution in [1.29, 1.82) is 0 Å². The first kappa shape index (κ1) is 32.6. The Morgan fingerprint density at radius 3 is 1.66 bits per heavy atom. The number of para-hydroxylation sites is 1. The maximum atomic E-state index is 6.75. The molecule has 11 aromatic carbocycles. The van der Waals surface area contributed by atoms with E-state index in [2.05, 4.69) is 217 Å². The fourth-order valence-corrected chi connectivity index (χ4v) is 9.30. The summed E-state index contributed by atoms with van der Waals surface area (Å²) in [6, 6.07) is 77.1. The third kappa shape index (κ3) is 5.05. The molecule has 58 heavy (non-hydrogen) atoms. The molecule has 0 atom stereocenters. The van der Waals surface area contributed by atoms with Gasteiger partial charge in [0.05, 0.1) is 16.8 Å². The number of hydrogen-bond acceptors (Lipinski definition) is 2. The summed E-state index contributed by atoms with van der Waals surface area (Å²) in [6.07, 6.45) is 0. The fourth-order valence-electron chi connectivity index (χ4n) is 9.30. The summed E-state index contributed by atoms with van der Waals surface area (Å²) >= 11 is 0. The number of fused-ring (bicyclic) bond motifs is 11. The minimum Gasteiger partial charge on any atom is -0.455 e. The first-order valence-electron chi connectivity index (χ1n) is 19.9. The molecule has 0 aliphatic carbocycles. The van der Waals surface area contributed by atoms with Crippen LogP contribution in [-0.4, -0.2) is 0 Å². The quantitative estimate of drug-likeness (QED) is 0.164. The number of nitrogens with zero attached hydrogens (tertiary/aromatic N) is 1. The topological polar surface area (TPSA) is 16.4 Å². The normalized spacial score (nSPS) is 11.8. The third-order valence-corrected chi connectivity index (χ3v) is 12.0. The number of rotatable bonds is 5. The summed E-state index contributed by atoms with van der Waals surface area (Å²) in [5, 5.41) is 14.5. The molecule has 1 heterocycles. The summed E-state index contributed by atoms with van der Waals surface area (Å²) in [5.41, 5.74) is 9.75. The molecule has 2 heteroatoms. The number of anilines is 3. The van der Waals surface area contributed by atoms with Gasteiger partial charge in [-0.25, -0.2) is 0 Å². The largest absolute Gasteiger partial charge is 0.455 e. The van der Waals surface area contributed by atoms with E-state index in [-0.39, 0.29) is 0 Å². The second-order valence-corrected chi connectivity index (χ2v) is 15.2. The van der Waals surface area contributed by atoms with Gasteiger partial charge in [-0.05, 0) is 108 Å². The summed E-state index contributed by atoms with van der Waals surface area (Å²) in [6.45, 7) is 0. The van der Waals surface area contributed by atoms with Gasteiger partial charge in [0.1, 0.15) is 11.2 Å². The van der Waals surface area contributed by atoms with Gasteiger partial charge >= 0.3 is 0 Å². The first-order valence-corrected chi connectivity index (χ1v) is 19.9. The van der Waals surface area contributed by atoms with Gasteiger partial charge in [0.25, 0.3) is 0 Å². The zero-order chi connectivity index (χ0) is 38.2. The van der Waals surface area contributed by atoms with E-state index in [0.29, 0.717) is 0 Å². The minimum absolute atomic E-state index is 0.866. The molecule has 0 saturated heterocycles. The van der Waals surface area contributed by atoms with E-state index < -0.39 is 0 Å². The lowest BCUT2D eigenvalue weighted by Crippen LogP contribution is -2.11. The molecular formula is C56H35NO. The maximum absolute atomic E-state index is 6.75. The fraction of sp³-hybridized carbons (Fsp3) is 0. The predicted molar refractivity (Wildman–Crippen MR) is 247 cm³/mol. The average Bonchev–Trinajstić information content (AvgIpc) is 3.69. The van der Waals surface area contributed by atoms with Gasteiger partial charge in [0.15, 0.2) is 0 Å². The minimum atomic E-state index is 0.866. The van der Waals surface area contributed by atoms with Crippen molar-refractivity contribution in [1.82, 2.24) is 0 Å². The highest BCUT2D eigenvalue weighted by atomic mass is 16.3. The zero-order valence-corrected chi connectivity index (χ0v) is 31.6. The van der Waals surface area contributed by atoms with E-state index in [0.717, 1.165) is 55.5 Å². The zero-order valence-electron chi connectivity index (χ0n) is 31.6. The van der Waals surface area contributed by atoms with Crippen LogP contribution in [0, 0.1) is 0 Å². The molecule has 12 rings (SSSR count). The Labute approximate surface area is 335 Å². The Kier molecular flexibility index (Phi) is 7.26. The molecule has 2 nitrogen and oxygen atoms in total. The van der Waals surface area contributed by atoms with E-state index in [4.69, 9.17) is 4.42 Å². The molecule has 0 amide bonds. The molecule has 0 radical (unpaired) electrons. The molecule has 0 aliphatic heterocycles. The van der Waals surface area contributed by atoms with Crippen LogP contribution in [0.15, 0.2) is 217 Å². The SMILES string of the molecule is c1ccc(N(c2ccc3c(ccc4ccccc43)c2)c2cccc3oc4c5ccccc5ccc4c23)c(-c2ccc(-c3cc4ccccc4c4ccccc34)cc2)c1. The van der Waals surface area contributed by atoms with Crippen LogP contribution in [0.25, 0.3) is 98.1 Å². The molecule has 12 aromatic rings. The highest BCUT2D eigenvalue weighted by Gasteiger charge is 2.23. The Hall–Kier alpha value is -7.68. The Morgan fingerprint density at radius 2 is 0.845 bits per heavy atom. The van der Waals surface area contributed by atoms with Crippen LogP contribution in [0.2, 0.25) is 0 Å². The lowest BCUT2D eigenvalue weighted by Gasteiger charge is -2.29. The van der Waals surface area contributed by atoms with Gasteiger partial charge in [0, 0.05) is 22.0 Å². The molecule has 0 aliphatic rings. The van der Waals surface area contributed by atoms with Crippen molar-refractivity contribution in [2.45, 2.75) is 0 Å². The summed E-state index contributed by atoms with van der Waals surface area (Å²) in [7, 11) is 0. The molecule has 1 aromatic heterocycles. The summed E-state index contributed by atoms with van der Waals surface area (Å²) < 4.78 is 6.75. The van der Waals surface area contributed by atoms with Gasteiger partial charge in [0.2, 0.25) is 0 Å². The van der Waals surface area contributed by atoms with E-state index in [9.17, 15) is 0 Å². The number of benzene rings is 11. The first-order chi connectivity index (χ1) is 28.8. The molecule has 0 spiro atoms. The highest BCUT2D eigenvalue weighted by molar-refractivity contribution is 6.20. The Bertz CT molecular complexity index is 3580. The second kappa shape index (κ2) is 12.9. The van der Waals surface area contributed by atoms with Gasteiger partial charge in [-0.1, -0.05) is 170 Å². The van der Waals surface area contributed by atoms with Crippen LogP contribution in [0.5, 0.6) is 0 Å². The second-order valence-electron chi connectivity index (χ2n) is 15.2. The highest BCUT2D eigenvalue weighted by Crippen LogP contribution is 2.48. The van der Waals surface area contributed by atoms with E-state index in [1.807, 2.05) is 0 Å². The van der Waals surface area contributed by atoms with Crippen LogP contribution in [0.4, 0.5) is 17.1 Å². The van der Waals surface area contributed by atoms with Gasteiger partial charge in [-0.2, -0.15) is 0 Å². The molecule has 0 N–H and O–H groups in total. The van der Waals surface area contributed by atoms with Crippen molar-refractivity contribution in [2.75, 3.05) is 4.90 Å². The Morgan fingerprint density at radius 1 is 0.310 bits per heavy atom. The summed E-state index contributed by atoms with van der Waals surface area (Å²) in [5.74, 6) is 0. The van der Waals surface area contributed by atoms with Crippen LogP contribution in [-0.2, 0) is 0 Å². The maximum Gasteiger partial charge on any atom is 0.143 e. The molecule has 270 valence electrons. The van der Waals surface area contributed by atoms with Crippen molar-refractivity contribution in [3.05, 3.63) is 212 Å². The number of furan rings is 1. The molecular weight excluding hydrogens is 703 g/mol. The Balaban J connectivity index is 1.07. The monoisotopic (exact) mass is 737 g/mol. The molecule has 0 fully saturated rings. The van der Waals surface area contributed by atoms with E-state index in [1.165, 1.54) is 59.6 Å². The number of hydrogen-bond donors (Lipinski definition) is 0. The average molecular weight is 738 g/mol. The van der Waals surface area contributed by atoms with Gasteiger partial charge in [-0.15, -0.1) is 0 Å². The van der Waals surface area contributed by atoms with Crippen molar-refractivity contribution in [3.63, 3.8) is 0 Å². The van der Waals surface area contributed by atoms with Crippen molar-refractivity contribution in [3.8, 4) is 22.3 Å². The van der Waals surface area contributed by atoms with Gasteiger partial charge in [-0.3, -0.25) is 0 Å². The van der Waals surface area contributed by atoms with Crippen molar-refractivity contribution in [2.24, 2.45) is 0 Å². The molecule has 0 saturated carbocycles. The molecule has 0 bridgehead atoms. The van der Waals surface area contributed by atoms with Crippen LogP contribution in [0.3, 0.4) is 0 Å².